The van der Waals surface area contributed by atoms with Crippen LogP contribution in [0.15, 0.2) is 23.1 Å². The van der Waals surface area contributed by atoms with Gasteiger partial charge in [0, 0.05) is 0 Å². The quantitative estimate of drug-likeness (QED) is 0.772. The van der Waals surface area contributed by atoms with E-state index in [0.29, 0.717) is 6.42 Å². The third-order valence-electron chi connectivity index (χ3n) is 4.26. The maximum atomic E-state index is 13.1. The highest BCUT2D eigenvalue weighted by atomic mass is 35.5. The zero-order valence-electron chi connectivity index (χ0n) is 13.4. The van der Waals surface area contributed by atoms with Gasteiger partial charge in [-0.3, -0.25) is 4.79 Å². The molecule has 0 saturated heterocycles. The van der Waals surface area contributed by atoms with Crippen LogP contribution >= 0.6 is 11.6 Å². The first-order chi connectivity index (χ1) is 11.3. The monoisotopic (exact) mass is 377 g/mol. The first-order valence-electron chi connectivity index (χ1n) is 7.88. The van der Waals surface area contributed by atoms with E-state index < -0.39 is 27.9 Å². The summed E-state index contributed by atoms with van der Waals surface area (Å²) in [6, 6.07) is 2.03. The van der Waals surface area contributed by atoms with Crippen molar-refractivity contribution in [2.24, 2.45) is 5.92 Å². The Balaban J connectivity index is 2.18. The van der Waals surface area contributed by atoms with Gasteiger partial charge in [-0.2, -0.15) is 4.72 Å². The maximum Gasteiger partial charge on any atom is 0.323 e. The number of hydrogen-bond donors (Lipinski definition) is 1. The number of ether oxygens (including phenoxy) is 1. The molecule has 0 bridgehead atoms. The predicted molar refractivity (Wildman–Crippen MR) is 88.7 cm³/mol. The molecule has 1 aliphatic rings. The van der Waals surface area contributed by atoms with Gasteiger partial charge in [-0.05, 0) is 30.5 Å². The van der Waals surface area contributed by atoms with Crippen molar-refractivity contribution in [3.8, 4) is 0 Å². The Labute approximate surface area is 146 Å². The average Bonchev–Trinajstić information content (AvgIpc) is 2.53. The van der Waals surface area contributed by atoms with Crippen molar-refractivity contribution in [1.29, 1.82) is 0 Å². The molecule has 0 heterocycles. The smallest absolute Gasteiger partial charge is 0.323 e. The molecule has 1 atom stereocenters. The molecule has 1 saturated carbocycles. The molecule has 1 aromatic rings. The summed E-state index contributed by atoms with van der Waals surface area (Å²) in [6.07, 6.45) is 5.63. The standard InChI is InChI=1S/C16H21ClFNO4S/c1-23-16(20)14(9-11-5-3-2-4-6-11)19-24(21,22)15-8-7-12(18)10-13(15)17/h7-8,10-11,14,19H,2-6,9H2,1H3. The third kappa shape index (κ3) is 4.91. The molecule has 1 unspecified atom stereocenters. The van der Waals surface area contributed by atoms with Crippen LogP contribution in [0.2, 0.25) is 5.02 Å². The Morgan fingerprint density at radius 1 is 1.38 bits per heavy atom. The summed E-state index contributed by atoms with van der Waals surface area (Å²) < 4.78 is 45.2. The molecule has 0 amide bonds. The van der Waals surface area contributed by atoms with Crippen LogP contribution in [0, 0.1) is 11.7 Å². The largest absolute Gasteiger partial charge is 0.468 e. The number of esters is 1. The number of carbonyl (C=O) groups is 1. The topological polar surface area (TPSA) is 72.5 Å². The van der Waals surface area contributed by atoms with Crippen molar-refractivity contribution < 1.29 is 22.3 Å². The van der Waals surface area contributed by atoms with E-state index in [0.717, 1.165) is 50.3 Å². The lowest BCUT2D eigenvalue weighted by molar-refractivity contribution is -0.143. The van der Waals surface area contributed by atoms with Gasteiger partial charge in [-0.1, -0.05) is 43.7 Å². The lowest BCUT2D eigenvalue weighted by Crippen LogP contribution is -2.43. The van der Waals surface area contributed by atoms with E-state index in [1.807, 2.05) is 0 Å². The van der Waals surface area contributed by atoms with Gasteiger partial charge in [-0.15, -0.1) is 0 Å². The van der Waals surface area contributed by atoms with E-state index in [1.165, 1.54) is 7.11 Å². The van der Waals surface area contributed by atoms with Crippen molar-refractivity contribution in [3.63, 3.8) is 0 Å². The summed E-state index contributed by atoms with van der Waals surface area (Å²) in [5.74, 6) is -0.998. The van der Waals surface area contributed by atoms with Crippen molar-refractivity contribution in [2.45, 2.75) is 49.5 Å². The molecule has 5 nitrogen and oxygen atoms in total. The Morgan fingerprint density at radius 2 is 2.04 bits per heavy atom. The molecule has 0 aromatic heterocycles. The second-order valence-corrected chi connectivity index (χ2v) is 8.10. The molecule has 0 aliphatic heterocycles. The lowest BCUT2D eigenvalue weighted by atomic mass is 9.85. The van der Waals surface area contributed by atoms with Crippen LogP contribution < -0.4 is 4.72 Å². The molecule has 24 heavy (non-hydrogen) atoms. The molecular weight excluding hydrogens is 357 g/mol. The van der Waals surface area contributed by atoms with Crippen molar-refractivity contribution >= 4 is 27.6 Å². The number of rotatable bonds is 6. The van der Waals surface area contributed by atoms with E-state index in [1.54, 1.807) is 0 Å². The first kappa shape index (κ1) is 19.1. The summed E-state index contributed by atoms with van der Waals surface area (Å²) in [5, 5.41) is -0.233. The Bertz CT molecular complexity index is 689. The Hall–Kier alpha value is -1.18. The highest BCUT2D eigenvalue weighted by molar-refractivity contribution is 7.89. The molecule has 1 aromatic carbocycles. The van der Waals surface area contributed by atoms with Crippen molar-refractivity contribution in [1.82, 2.24) is 4.72 Å². The number of sulfonamides is 1. The fourth-order valence-electron chi connectivity index (χ4n) is 3.03. The Kier molecular flexibility index (Phi) is 6.60. The van der Waals surface area contributed by atoms with E-state index in [-0.39, 0.29) is 15.8 Å². The lowest BCUT2D eigenvalue weighted by Gasteiger charge is -2.25. The van der Waals surface area contributed by atoms with E-state index in [4.69, 9.17) is 16.3 Å². The summed E-state index contributed by atoms with van der Waals surface area (Å²) in [5.41, 5.74) is 0. The van der Waals surface area contributed by atoms with Gasteiger partial charge in [0.25, 0.3) is 0 Å². The molecular formula is C16H21ClFNO4S. The zero-order valence-corrected chi connectivity index (χ0v) is 15.0. The minimum absolute atomic E-state index is 0.233. The molecule has 134 valence electrons. The van der Waals surface area contributed by atoms with Crippen molar-refractivity contribution in [2.75, 3.05) is 7.11 Å². The van der Waals surface area contributed by atoms with Gasteiger partial charge in [0.15, 0.2) is 0 Å². The molecule has 0 radical (unpaired) electrons. The Morgan fingerprint density at radius 3 is 2.62 bits per heavy atom. The van der Waals surface area contributed by atoms with Gasteiger partial charge < -0.3 is 4.74 Å². The number of methoxy groups -OCH3 is 1. The summed E-state index contributed by atoms with van der Waals surface area (Å²) >= 11 is 5.83. The maximum absolute atomic E-state index is 13.1. The first-order valence-corrected chi connectivity index (χ1v) is 9.75. The molecule has 0 spiro atoms. The van der Waals surface area contributed by atoms with Crippen molar-refractivity contribution in [3.05, 3.63) is 29.0 Å². The second-order valence-electron chi connectivity index (χ2n) is 6.01. The number of carbonyl (C=O) groups excluding carboxylic acids is 1. The average molecular weight is 378 g/mol. The highest BCUT2D eigenvalue weighted by Gasteiger charge is 2.30. The summed E-state index contributed by atoms with van der Waals surface area (Å²) in [4.78, 5) is 11.7. The second kappa shape index (κ2) is 8.27. The SMILES string of the molecule is COC(=O)C(CC1CCCCC1)NS(=O)(=O)c1ccc(F)cc1Cl. The minimum atomic E-state index is -4.06. The normalized spacial score (nSPS) is 17.5. The fraction of sp³-hybridized carbons (Fsp3) is 0.562. The van der Waals surface area contributed by atoms with E-state index >= 15 is 0 Å². The van der Waals surface area contributed by atoms with Gasteiger partial charge >= 0.3 is 5.97 Å². The number of hydrogen-bond acceptors (Lipinski definition) is 4. The predicted octanol–water partition coefficient (Wildman–Crippen LogP) is 3.27. The molecule has 8 heteroatoms. The van der Waals surface area contributed by atoms with E-state index in [2.05, 4.69) is 4.72 Å². The molecule has 1 N–H and O–H groups in total. The molecule has 2 rings (SSSR count). The number of benzene rings is 1. The van der Waals surface area contributed by atoms with Crippen LogP contribution in [-0.2, 0) is 19.6 Å². The summed E-state index contributed by atoms with van der Waals surface area (Å²) in [6.45, 7) is 0. The van der Waals surface area contributed by atoms with Crippen LogP contribution in [0.4, 0.5) is 4.39 Å². The third-order valence-corrected chi connectivity index (χ3v) is 6.21. The van der Waals surface area contributed by atoms with Crippen LogP contribution in [-0.4, -0.2) is 27.5 Å². The zero-order chi connectivity index (χ0) is 17.7. The van der Waals surface area contributed by atoms with Gasteiger partial charge in [0.1, 0.15) is 16.8 Å². The summed E-state index contributed by atoms with van der Waals surface area (Å²) in [7, 11) is -2.84. The van der Waals surface area contributed by atoms with Crippen LogP contribution in [0.25, 0.3) is 0 Å². The minimum Gasteiger partial charge on any atom is -0.468 e. The molecule has 1 fully saturated rings. The van der Waals surface area contributed by atoms with Gasteiger partial charge in [0.2, 0.25) is 10.0 Å². The molecule has 1 aliphatic carbocycles. The van der Waals surface area contributed by atoms with Gasteiger partial charge in [0.05, 0.1) is 12.1 Å². The van der Waals surface area contributed by atoms with Crippen LogP contribution in [0.5, 0.6) is 0 Å². The van der Waals surface area contributed by atoms with E-state index in [9.17, 15) is 17.6 Å². The number of halogens is 2. The van der Waals surface area contributed by atoms with Gasteiger partial charge in [-0.25, -0.2) is 12.8 Å². The van der Waals surface area contributed by atoms with Crippen LogP contribution in [0.1, 0.15) is 38.5 Å². The highest BCUT2D eigenvalue weighted by Crippen LogP contribution is 2.28. The number of nitrogens with one attached hydrogen (secondary N) is 1. The van der Waals surface area contributed by atoms with Crippen LogP contribution in [0.3, 0.4) is 0 Å². The fourth-order valence-corrected chi connectivity index (χ4v) is 4.76.